The molecular weight excluding hydrogens is 342 g/mol. The monoisotopic (exact) mass is 359 g/mol. The third-order valence-electron chi connectivity index (χ3n) is 3.90. The summed E-state index contributed by atoms with van der Waals surface area (Å²) in [7, 11) is -1.93. The second kappa shape index (κ2) is 5.69. The first-order valence-corrected chi connectivity index (χ1v) is 9.10. The molecule has 0 bridgehead atoms. The Labute approximate surface area is 144 Å². The van der Waals surface area contributed by atoms with Gasteiger partial charge in [-0.15, -0.1) is 0 Å². The minimum Gasteiger partial charge on any atom is -0.360 e. The van der Waals surface area contributed by atoms with E-state index >= 15 is 0 Å². The third kappa shape index (κ3) is 2.90. The molecule has 3 N–H and O–H groups in total. The summed E-state index contributed by atoms with van der Waals surface area (Å²) < 4.78 is 29.7. The highest BCUT2D eigenvalue weighted by atomic mass is 32.2. The van der Waals surface area contributed by atoms with Gasteiger partial charge in [0.25, 0.3) is 0 Å². The number of hydrazone groups is 1. The van der Waals surface area contributed by atoms with E-state index in [9.17, 15) is 8.42 Å². The van der Waals surface area contributed by atoms with Crippen LogP contribution in [0.1, 0.15) is 5.56 Å². The van der Waals surface area contributed by atoms with Crippen LogP contribution < -0.4 is 15.3 Å². The second-order valence-electron chi connectivity index (χ2n) is 5.88. The van der Waals surface area contributed by atoms with Gasteiger partial charge < -0.3 is 4.98 Å². The summed E-state index contributed by atoms with van der Waals surface area (Å²) in [5.41, 5.74) is 5.51. The van der Waals surface area contributed by atoms with Crippen LogP contribution in [0.2, 0.25) is 0 Å². The van der Waals surface area contributed by atoms with E-state index < -0.39 is 16.2 Å². The number of rotatable bonds is 4. The summed E-state index contributed by atoms with van der Waals surface area (Å²) in [5, 5.41) is 10.3. The molecule has 130 valence electrons. The maximum absolute atomic E-state index is 12.7. The van der Waals surface area contributed by atoms with Crippen LogP contribution >= 0.6 is 0 Å². The third-order valence-corrected chi connectivity index (χ3v) is 5.38. The van der Waals surface area contributed by atoms with Crippen molar-refractivity contribution in [2.24, 2.45) is 12.1 Å². The van der Waals surface area contributed by atoms with Gasteiger partial charge in [-0.05, 0) is 18.6 Å². The van der Waals surface area contributed by atoms with Crippen molar-refractivity contribution in [1.29, 1.82) is 0 Å². The van der Waals surface area contributed by atoms with Crippen LogP contribution in [0.25, 0.3) is 10.9 Å². The van der Waals surface area contributed by atoms with Crippen LogP contribution in [0.5, 0.6) is 0 Å². The van der Waals surface area contributed by atoms with E-state index in [1.165, 1.54) is 17.5 Å². The Bertz CT molecular complexity index is 1070. The van der Waals surface area contributed by atoms with Gasteiger partial charge in [0.1, 0.15) is 16.7 Å². The molecule has 1 atom stereocenters. The van der Waals surface area contributed by atoms with Gasteiger partial charge in [0.05, 0.1) is 18.6 Å². The van der Waals surface area contributed by atoms with Gasteiger partial charge in [0, 0.05) is 24.1 Å². The van der Waals surface area contributed by atoms with Gasteiger partial charge in [-0.25, -0.2) is 8.42 Å². The van der Waals surface area contributed by atoms with E-state index in [0.29, 0.717) is 11.1 Å². The number of aromatic amines is 1. The highest BCUT2D eigenvalue weighted by molar-refractivity contribution is 7.89. The molecule has 1 aromatic carbocycles. The Morgan fingerprint density at radius 2 is 2.16 bits per heavy atom. The van der Waals surface area contributed by atoms with E-state index in [4.69, 9.17) is 0 Å². The Balaban J connectivity index is 1.55. The highest BCUT2D eigenvalue weighted by Crippen LogP contribution is 2.24. The Hall–Kier alpha value is -2.69. The molecule has 4 rings (SSSR count). The molecule has 0 amide bonds. The predicted molar refractivity (Wildman–Crippen MR) is 94.5 cm³/mol. The molecule has 1 unspecified atom stereocenters. The van der Waals surface area contributed by atoms with E-state index in [1.807, 2.05) is 19.1 Å². The van der Waals surface area contributed by atoms with Crippen LogP contribution in [-0.4, -0.2) is 35.6 Å². The molecule has 0 spiro atoms. The first-order valence-electron chi connectivity index (χ1n) is 7.61. The number of hydrogen-bond acceptors (Lipinski definition) is 6. The van der Waals surface area contributed by atoms with Crippen molar-refractivity contribution in [3.8, 4) is 0 Å². The van der Waals surface area contributed by atoms with Gasteiger partial charge >= 0.3 is 0 Å². The maximum atomic E-state index is 12.7. The Morgan fingerprint density at radius 1 is 1.32 bits per heavy atom. The summed E-state index contributed by atoms with van der Waals surface area (Å²) in [4.78, 5) is 3.21. The zero-order chi connectivity index (χ0) is 17.6. The second-order valence-corrected chi connectivity index (χ2v) is 7.56. The molecule has 25 heavy (non-hydrogen) atoms. The lowest BCUT2D eigenvalue weighted by Crippen LogP contribution is -2.47. The number of aromatic nitrogens is 3. The van der Waals surface area contributed by atoms with Crippen LogP contribution in [0.4, 0.5) is 5.69 Å². The quantitative estimate of drug-likeness (QED) is 0.639. The number of anilines is 1. The molecule has 3 aromatic rings. The van der Waals surface area contributed by atoms with Crippen molar-refractivity contribution < 1.29 is 8.42 Å². The average molecular weight is 359 g/mol. The summed E-state index contributed by atoms with van der Waals surface area (Å²) in [6.45, 7) is 1.96. The maximum Gasteiger partial charge on any atom is 0.244 e. The molecule has 0 aliphatic carbocycles. The zero-order valence-electron chi connectivity index (χ0n) is 13.6. The van der Waals surface area contributed by atoms with Crippen molar-refractivity contribution >= 4 is 32.8 Å². The lowest BCUT2D eigenvalue weighted by Gasteiger charge is -2.16. The van der Waals surface area contributed by atoms with E-state index in [1.54, 1.807) is 30.2 Å². The fourth-order valence-corrected chi connectivity index (χ4v) is 3.97. The molecule has 9 nitrogen and oxygen atoms in total. The molecule has 0 radical (unpaired) electrons. The lowest BCUT2D eigenvalue weighted by atomic mass is 10.2. The first kappa shape index (κ1) is 15.8. The van der Waals surface area contributed by atoms with Gasteiger partial charge in [-0.1, -0.05) is 12.1 Å². The number of fused-ring (bicyclic) bond motifs is 1. The van der Waals surface area contributed by atoms with E-state index in [0.717, 1.165) is 11.1 Å². The van der Waals surface area contributed by atoms with Crippen LogP contribution in [-0.2, 0) is 17.1 Å². The largest absolute Gasteiger partial charge is 0.360 e. The van der Waals surface area contributed by atoms with Gasteiger partial charge in [0.15, 0.2) is 0 Å². The standard InChI is InChI=1S/C15H17N7O2S/c1-10-3-4-12-13(5-10)16-7-14(12)25(23,24)20-15-8-18-22(19-15)11-6-17-21(2)9-11/h3-9,15-16,19-20H,1-2H3. The molecule has 2 aromatic heterocycles. The van der Waals surface area contributed by atoms with Crippen molar-refractivity contribution in [2.75, 3.05) is 5.12 Å². The number of nitrogens with one attached hydrogen (secondary N) is 3. The van der Waals surface area contributed by atoms with Crippen LogP contribution in [0.15, 0.2) is 46.8 Å². The van der Waals surface area contributed by atoms with Crippen molar-refractivity contribution in [2.45, 2.75) is 18.0 Å². The van der Waals surface area contributed by atoms with Gasteiger partial charge in [-0.2, -0.15) is 25.5 Å². The molecule has 3 heterocycles. The fraction of sp³-hybridized carbons (Fsp3) is 0.200. The summed E-state index contributed by atoms with van der Waals surface area (Å²) in [6, 6.07) is 5.59. The first-order chi connectivity index (χ1) is 11.9. The topological polar surface area (TPSA) is 107 Å². The smallest absolute Gasteiger partial charge is 0.244 e. The molecule has 1 aliphatic rings. The summed E-state index contributed by atoms with van der Waals surface area (Å²) in [6.07, 6.45) is 5.73. The van der Waals surface area contributed by atoms with E-state index in [-0.39, 0.29) is 4.90 Å². The number of hydrazine groups is 1. The molecule has 0 saturated heterocycles. The van der Waals surface area contributed by atoms with Crippen molar-refractivity contribution in [1.82, 2.24) is 24.9 Å². The molecule has 1 aliphatic heterocycles. The normalized spacial score (nSPS) is 17.7. The predicted octanol–water partition coefficient (Wildman–Crippen LogP) is 0.825. The minimum atomic E-state index is -3.72. The molecule has 0 saturated carbocycles. The lowest BCUT2D eigenvalue weighted by molar-refractivity contribution is 0.554. The van der Waals surface area contributed by atoms with E-state index in [2.05, 4.69) is 25.3 Å². The number of sulfonamides is 1. The van der Waals surface area contributed by atoms with Crippen LogP contribution in [0.3, 0.4) is 0 Å². The van der Waals surface area contributed by atoms with Gasteiger partial charge in [0.2, 0.25) is 10.0 Å². The molecule has 0 fully saturated rings. The highest BCUT2D eigenvalue weighted by Gasteiger charge is 2.26. The van der Waals surface area contributed by atoms with Gasteiger partial charge in [-0.3, -0.25) is 4.68 Å². The molecular formula is C15H17N7O2S. The number of nitrogens with zero attached hydrogens (tertiary/aromatic N) is 4. The summed E-state index contributed by atoms with van der Waals surface area (Å²) in [5.74, 6) is 0. The average Bonchev–Trinajstić information content (AvgIpc) is 3.25. The number of aryl methyl sites for hydroxylation is 2. The SMILES string of the molecule is Cc1ccc2c(S(=O)(=O)NC3C=NN(c4cnn(C)c4)N3)c[nH]c2c1. The van der Waals surface area contributed by atoms with Crippen molar-refractivity contribution in [3.05, 3.63) is 42.4 Å². The van der Waals surface area contributed by atoms with Crippen LogP contribution in [0, 0.1) is 6.92 Å². The number of benzene rings is 1. The minimum absolute atomic E-state index is 0.206. The Morgan fingerprint density at radius 3 is 2.92 bits per heavy atom. The van der Waals surface area contributed by atoms with Crippen molar-refractivity contribution in [3.63, 3.8) is 0 Å². The number of H-pyrrole nitrogens is 1. The summed E-state index contributed by atoms with van der Waals surface area (Å²) >= 11 is 0. The Kier molecular flexibility index (Phi) is 3.60. The number of hydrogen-bond donors (Lipinski definition) is 3. The zero-order valence-corrected chi connectivity index (χ0v) is 14.4. The fourth-order valence-electron chi connectivity index (χ4n) is 2.71. The molecule has 10 heteroatoms.